The third-order valence-corrected chi connectivity index (χ3v) is 7.22. The smallest absolute Gasteiger partial charge is 0.251 e. The molecule has 3 rings (SSSR count). The molecule has 1 heterocycles. The molecule has 10 heteroatoms. The molecule has 0 aliphatic carbocycles. The van der Waals surface area contributed by atoms with E-state index in [9.17, 15) is 22.4 Å². The van der Waals surface area contributed by atoms with Crippen molar-refractivity contribution in [2.45, 2.75) is 11.3 Å². The van der Waals surface area contributed by atoms with Gasteiger partial charge >= 0.3 is 0 Å². The summed E-state index contributed by atoms with van der Waals surface area (Å²) in [5, 5.41) is 2.71. The Kier molecular flexibility index (Phi) is 7.22. The minimum absolute atomic E-state index is 0.0272. The molecular weight excluding hydrogens is 477 g/mol. The lowest BCUT2D eigenvalue weighted by atomic mass is 10.2. The van der Waals surface area contributed by atoms with Gasteiger partial charge in [-0.15, -0.1) is 0 Å². The Bertz CT molecular complexity index is 1010. The minimum Gasteiger partial charge on any atom is -0.352 e. The van der Waals surface area contributed by atoms with Crippen molar-refractivity contribution < 1.29 is 22.4 Å². The number of piperazine rings is 1. The lowest BCUT2D eigenvalue weighted by Gasteiger charge is -2.34. The first-order chi connectivity index (χ1) is 14.3. The van der Waals surface area contributed by atoms with Gasteiger partial charge in [0, 0.05) is 49.2 Å². The van der Waals surface area contributed by atoms with E-state index in [1.54, 1.807) is 29.2 Å². The standard InChI is InChI=1S/C20H21BrFN3O4S/c21-16-3-1-15(2-4-16)20(27)23-10-9-19(26)24-11-13-25(14-12-24)30(28,29)18-7-5-17(22)6-8-18/h1-8H,9-14H2,(H,23,27). The number of hydrogen-bond donors (Lipinski definition) is 1. The van der Waals surface area contributed by atoms with Crippen molar-refractivity contribution in [1.29, 1.82) is 0 Å². The summed E-state index contributed by atoms with van der Waals surface area (Å²) >= 11 is 3.30. The number of carbonyl (C=O) groups excluding carboxylic acids is 2. The lowest BCUT2D eigenvalue weighted by Crippen LogP contribution is -2.50. The highest BCUT2D eigenvalue weighted by molar-refractivity contribution is 9.10. The summed E-state index contributed by atoms with van der Waals surface area (Å²) in [5.74, 6) is -0.910. The number of hydrogen-bond acceptors (Lipinski definition) is 4. The molecule has 1 saturated heterocycles. The quantitative estimate of drug-likeness (QED) is 0.662. The van der Waals surface area contributed by atoms with Gasteiger partial charge in [-0.2, -0.15) is 4.31 Å². The second-order valence-electron chi connectivity index (χ2n) is 6.75. The Morgan fingerprint density at radius 2 is 1.57 bits per heavy atom. The number of sulfonamides is 1. The lowest BCUT2D eigenvalue weighted by molar-refractivity contribution is -0.132. The number of carbonyl (C=O) groups is 2. The van der Waals surface area contributed by atoms with Crippen LogP contribution in [0.1, 0.15) is 16.8 Å². The van der Waals surface area contributed by atoms with E-state index in [1.807, 2.05) is 0 Å². The fourth-order valence-electron chi connectivity index (χ4n) is 3.08. The third kappa shape index (κ3) is 5.44. The zero-order chi connectivity index (χ0) is 21.7. The largest absolute Gasteiger partial charge is 0.352 e. The molecule has 30 heavy (non-hydrogen) atoms. The van der Waals surface area contributed by atoms with Crippen molar-refractivity contribution in [3.05, 3.63) is 64.4 Å². The molecule has 0 spiro atoms. The van der Waals surface area contributed by atoms with Gasteiger partial charge < -0.3 is 10.2 Å². The van der Waals surface area contributed by atoms with Gasteiger partial charge in [0.15, 0.2) is 0 Å². The maximum absolute atomic E-state index is 13.0. The van der Waals surface area contributed by atoms with Crippen LogP contribution in [0.4, 0.5) is 4.39 Å². The highest BCUT2D eigenvalue weighted by Crippen LogP contribution is 2.18. The average molecular weight is 498 g/mol. The van der Waals surface area contributed by atoms with E-state index in [2.05, 4.69) is 21.2 Å². The molecule has 0 atom stereocenters. The Morgan fingerprint density at radius 3 is 2.17 bits per heavy atom. The Balaban J connectivity index is 1.46. The highest BCUT2D eigenvalue weighted by Gasteiger charge is 2.30. The summed E-state index contributed by atoms with van der Waals surface area (Å²) in [6, 6.07) is 11.6. The molecule has 1 aliphatic rings. The van der Waals surface area contributed by atoms with Crippen LogP contribution in [-0.2, 0) is 14.8 Å². The van der Waals surface area contributed by atoms with E-state index >= 15 is 0 Å². The van der Waals surface area contributed by atoms with Crippen molar-refractivity contribution in [2.75, 3.05) is 32.7 Å². The van der Waals surface area contributed by atoms with Crippen molar-refractivity contribution in [2.24, 2.45) is 0 Å². The summed E-state index contributed by atoms with van der Waals surface area (Å²) in [6.45, 7) is 1.05. The Morgan fingerprint density at radius 1 is 0.967 bits per heavy atom. The van der Waals surface area contributed by atoms with Crippen LogP contribution in [0.15, 0.2) is 57.9 Å². The number of rotatable bonds is 6. The maximum atomic E-state index is 13.0. The summed E-state index contributed by atoms with van der Waals surface area (Å²) in [4.78, 5) is 26.1. The number of benzene rings is 2. The first-order valence-electron chi connectivity index (χ1n) is 9.34. The third-order valence-electron chi connectivity index (χ3n) is 4.77. The van der Waals surface area contributed by atoms with Gasteiger partial charge in [-0.1, -0.05) is 15.9 Å². The van der Waals surface area contributed by atoms with Gasteiger partial charge in [0.2, 0.25) is 15.9 Å². The van der Waals surface area contributed by atoms with Crippen LogP contribution < -0.4 is 5.32 Å². The van der Waals surface area contributed by atoms with Gasteiger partial charge in [-0.25, -0.2) is 12.8 Å². The van der Waals surface area contributed by atoms with Crippen LogP contribution in [0, 0.1) is 5.82 Å². The zero-order valence-electron chi connectivity index (χ0n) is 16.1. The molecule has 160 valence electrons. The summed E-state index contributed by atoms with van der Waals surface area (Å²) in [6.07, 6.45) is 0.132. The molecule has 2 aromatic rings. The van der Waals surface area contributed by atoms with Gasteiger partial charge in [0.1, 0.15) is 5.82 Å². The summed E-state index contributed by atoms with van der Waals surface area (Å²) in [5.41, 5.74) is 0.505. The van der Waals surface area contributed by atoms with E-state index in [-0.39, 0.29) is 55.9 Å². The molecule has 0 saturated carbocycles. The second-order valence-corrected chi connectivity index (χ2v) is 9.61. The van der Waals surface area contributed by atoms with E-state index in [1.165, 1.54) is 16.4 Å². The molecule has 1 fully saturated rings. The van der Waals surface area contributed by atoms with Crippen LogP contribution >= 0.6 is 15.9 Å². The van der Waals surface area contributed by atoms with Gasteiger partial charge in [0.25, 0.3) is 5.91 Å². The average Bonchev–Trinajstić information content (AvgIpc) is 2.74. The van der Waals surface area contributed by atoms with Gasteiger partial charge in [0.05, 0.1) is 4.90 Å². The van der Waals surface area contributed by atoms with Crippen LogP contribution in [0.25, 0.3) is 0 Å². The molecule has 2 amide bonds. The molecule has 0 radical (unpaired) electrons. The van der Waals surface area contributed by atoms with Crippen LogP contribution in [0.5, 0.6) is 0 Å². The van der Waals surface area contributed by atoms with Crippen molar-refractivity contribution in [1.82, 2.24) is 14.5 Å². The van der Waals surface area contributed by atoms with Crippen LogP contribution in [0.2, 0.25) is 0 Å². The first-order valence-corrected chi connectivity index (χ1v) is 11.6. The molecular formula is C20H21BrFN3O4S. The fourth-order valence-corrected chi connectivity index (χ4v) is 4.76. The fraction of sp³-hybridized carbons (Fsp3) is 0.300. The number of amides is 2. The summed E-state index contributed by atoms with van der Waals surface area (Å²) in [7, 11) is -3.72. The number of halogens is 2. The first kappa shape index (κ1) is 22.4. The van der Waals surface area contributed by atoms with Crippen molar-refractivity contribution in [3.63, 3.8) is 0 Å². The van der Waals surface area contributed by atoms with E-state index < -0.39 is 15.8 Å². The van der Waals surface area contributed by atoms with Gasteiger partial charge in [-0.05, 0) is 48.5 Å². The van der Waals surface area contributed by atoms with Gasteiger partial charge in [-0.3, -0.25) is 9.59 Å². The predicted molar refractivity (Wildman–Crippen MR) is 113 cm³/mol. The molecule has 1 aliphatic heterocycles. The molecule has 0 unspecified atom stereocenters. The molecule has 2 aromatic carbocycles. The maximum Gasteiger partial charge on any atom is 0.251 e. The highest BCUT2D eigenvalue weighted by atomic mass is 79.9. The molecule has 1 N–H and O–H groups in total. The van der Waals surface area contributed by atoms with Crippen LogP contribution in [-0.4, -0.2) is 62.2 Å². The van der Waals surface area contributed by atoms with E-state index in [4.69, 9.17) is 0 Å². The molecule has 7 nitrogen and oxygen atoms in total. The topological polar surface area (TPSA) is 86.8 Å². The number of nitrogens with zero attached hydrogens (tertiary/aromatic N) is 2. The Labute approximate surface area is 183 Å². The molecule has 0 bridgehead atoms. The van der Waals surface area contributed by atoms with Crippen molar-refractivity contribution in [3.8, 4) is 0 Å². The van der Waals surface area contributed by atoms with E-state index in [0.29, 0.717) is 5.56 Å². The monoisotopic (exact) mass is 497 g/mol. The second kappa shape index (κ2) is 9.67. The predicted octanol–water partition coefficient (Wildman–Crippen LogP) is 2.24. The number of nitrogens with one attached hydrogen (secondary N) is 1. The van der Waals surface area contributed by atoms with Crippen molar-refractivity contribution >= 4 is 37.8 Å². The Hall–Kier alpha value is -2.30. The molecule has 0 aromatic heterocycles. The van der Waals surface area contributed by atoms with Crippen LogP contribution in [0.3, 0.4) is 0 Å². The zero-order valence-corrected chi connectivity index (χ0v) is 18.5. The summed E-state index contributed by atoms with van der Waals surface area (Å²) < 4.78 is 40.5. The van der Waals surface area contributed by atoms with E-state index in [0.717, 1.165) is 16.6 Å². The SMILES string of the molecule is O=C(NCCC(=O)N1CCN(S(=O)(=O)c2ccc(F)cc2)CC1)c1ccc(Br)cc1. The normalized spacial score (nSPS) is 15.1. The minimum atomic E-state index is -3.72.